The van der Waals surface area contributed by atoms with Crippen LogP contribution in [0.15, 0.2) is 11.6 Å². The average Bonchev–Trinajstić information content (AvgIpc) is 3.15. The van der Waals surface area contributed by atoms with Crippen LogP contribution in [0, 0.1) is 26.7 Å². The van der Waals surface area contributed by atoms with Gasteiger partial charge in [0.1, 0.15) is 11.5 Å². The van der Waals surface area contributed by atoms with Crippen LogP contribution >= 0.6 is 11.3 Å². The third-order valence-corrected chi connectivity index (χ3v) is 5.51. The van der Waals surface area contributed by atoms with E-state index in [1.807, 2.05) is 24.3 Å². The molecule has 2 aromatic rings. The molecule has 1 saturated heterocycles. The molecule has 0 radical (unpaired) electrons. The topological polar surface area (TPSA) is 62.2 Å². The summed E-state index contributed by atoms with van der Waals surface area (Å²) in [6, 6.07) is 1.78. The van der Waals surface area contributed by atoms with E-state index in [0.717, 1.165) is 44.0 Å². The van der Waals surface area contributed by atoms with Gasteiger partial charge in [0.25, 0.3) is 5.91 Å². The molecule has 1 aliphatic heterocycles. The van der Waals surface area contributed by atoms with Crippen LogP contribution in [0.3, 0.4) is 0 Å². The summed E-state index contributed by atoms with van der Waals surface area (Å²) >= 11 is 1.71. The molecule has 1 fully saturated rings. The zero-order chi connectivity index (χ0) is 18.0. The quantitative estimate of drug-likeness (QED) is 0.821. The number of aromatic nitrogens is 3. The average molecular weight is 359 g/mol. The van der Waals surface area contributed by atoms with Gasteiger partial charge in [-0.25, -0.2) is 15.0 Å². The molecule has 134 valence electrons. The van der Waals surface area contributed by atoms with Gasteiger partial charge in [0.2, 0.25) is 0 Å². The van der Waals surface area contributed by atoms with Gasteiger partial charge in [-0.2, -0.15) is 0 Å². The van der Waals surface area contributed by atoms with Gasteiger partial charge < -0.3 is 9.80 Å². The lowest BCUT2D eigenvalue weighted by atomic mass is 10.1. The highest BCUT2D eigenvalue weighted by Crippen LogP contribution is 2.21. The number of hydrogen-bond acceptors (Lipinski definition) is 6. The Morgan fingerprint density at radius 1 is 1.36 bits per heavy atom. The van der Waals surface area contributed by atoms with Crippen LogP contribution in [-0.4, -0.2) is 57.3 Å². The Kier molecular flexibility index (Phi) is 5.44. The van der Waals surface area contributed by atoms with E-state index in [1.54, 1.807) is 17.4 Å². The summed E-state index contributed by atoms with van der Waals surface area (Å²) in [5.74, 6) is 1.18. The normalized spacial score (nSPS) is 17.5. The Labute approximate surface area is 152 Å². The number of nitrogens with zero attached hydrogens (tertiary/aromatic N) is 5. The predicted molar refractivity (Wildman–Crippen MR) is 98.7 cm³/mol. The molecular weight excluding hydrogens is 334 g/mol. The molecule has 0 aliphatic carbocycles. The Morgan fingerprint density at radius 3 is 2.84 bits per heavy atom. The van der Waals surface area contributed by atoms with Gasteiger partial charge in [0.15, 0.2) is 0 Å². The lowest BCUT2D eigenvalue weighted by Crippen LogP contribution is -2.32. The maximum absolute atomic E-state index is 12.7. The summed E-state index contributed by atoms with van der Waals surface area (Å²) in [7, 11) is 2.14. The van der Waals surface area contributed by atoms with Crippen molar-refractivity contribution in [2.75, 3.05) is 26.7 Å². The fraction of sp³-hybridized carbons (Fsp3) is 0.556. The highest BCUT2D eigenvalue weighted by molar-refractivity contribution is 7.09. The monoisotopic (exact) mass is 359 g/mol. The molecule has 1 unspecified atom stereocenters. The van der Waals surface area contributed by atoms with E-state index in [-0.39, 0.29) is 5.91 Å². The smallest absolute Gasteiger partial charge is 0.272 e. The van der Waals surface area contributed by atoms with Crippen LogP contribution in [0.4, 0.5) is 0 Å². The van der Waals surface area contributed by atoms with Gasteiger partial charge in [-0.3, -0.25) is 4.79 Å². The van der Waals surface area contributed by atoms with Crippen molar-refractivity contribution in [3.8, 4) is 0 Å². The zero-order valence-electron chi connectivity index (χ0n) is 15.3. The minimum absolute atomic E-state index is 0.0251. The highest BCUT2D eigenvalue weighted by Gasteiger charge is 2.28. The molecule has 6 nitrogen and oxygen atoms in total. The molecule has 0 bridgehead atoms. The van der Waals surface area contributed by atoms with Gasteiger partial charge in [-0.05, 0) is 46.2 Å². The number of carbonyl (C=O) groups excluding carboxylic acids is 1. The number of carbonyl (C=O) groups is 1. The van der Waals surface area contributed by atoms with Crippen molar-refractivity contribution in [2.45, 2.75) is 33.7 Å². The van der Waals surface area contributed by atoms with Crippen LogP contribution in [0.25, 0.3) is 0 Å². The second-order valence-electron chi connectivity index (χ2n) is 6.91. The van der Waals surface area contributed by atoms with Crippen molar-refractivity contribution in [3.05, 3.63) is 39.4 Å². The van der Waals surface area contributed by atoms with Gasteiger partial charge in [-0.15, -0.1) is 11.3 Å². The SMILES string of the molecule is Cc1cc(C(=O)N2CCC(CN(C)Cc3scnc3C)C2)nc(C)n1. The third kappa shape index (κ3) is 4.41. The lowest BCUT2D eigenvalue weighted by Gasteiger charge is -2.21. The molecule has 7 heteroatoms. The third-order valence-electron chi connectivity index (χ3n) is 4.59. The van der Waals surface area contributed by atoms with Crippen molar-refractivity contribution in [2.24, 2.45) is 5.92 Å². The van der Waals surface area contributed by atoms with E-state index >= 15 is 0 Å². The van der Waals surface area contributed by atoms with Crippen LogP contribution in [-0.2, 0) is 6.54 Å². The van der Waals surface area contributed by atoms with Crippen molar-refractivity contribution in [1.82, 2.24) is 24.8 Å². The Hall–Kier alpha value is -1.86. The van der Waals surface area contributed by atoms with Crippen molar-refractivity contribution >= 4 is 17.2 Å². The first-order valence-corrected chi connectivity index (χ1v) is 9.49. The van der Waals surface area contributed by atoms with E-state index in [4.69, 9.17) is 0 Å². The standard InChI is InChI=1S/C18H25N5OS/c1-12-7-16(21-14(3)20-12)18(24)23-6-5-15(9-23)8-22(4)10-17-13(2)19-11-25-17/h7,11,15H,5-6,8-10H2,1-4H3. The number of aryl methyl sites for hydroxylation is 3. The minimum atomic E-state index is 0.0251. The largest absolute Gasteiger partial charge is 0.337 e. The fourth-order valence-electron chi connectivity index (χ4n) is 3.38. The summed E-state index contributed by atoms with van der Waals surface area (Å²) in [6.45, 7) is 9.29. The molecule has 3 rings (SSSR count). The lowest BCUT2D eigenvalue weighted by molar-refractivity contribution is 0.0777. The number of amides is 1. The molecule has 0 N–H and O–H groups in total. The van der Waals surface area contributed by atoms with Crippen LogP contribution in [0.1, 0.15) is 39.0 Å². The van der Waals surface area contributed by atoms with Crippen molar-refractivity contribution in [3.63, 3.8) is 0 Å². The number of likely N-dealkylation sites (tertiary alicyclic amines) is 1. The van der Waals surface area contributed by atoms with E-state index in [1.165, 1.54) is 4.88 Å². The van der Waals surface area contributed by atoms with E-state index < -0.39 is 0 Å². The Morgan fingerprint density at radius 2 is 2.16 bits per heavy atom. The number of rotatable bonds is 5. The Balaban J connectivity index is 1.56. The molecular formula is C18H25N5OS. The fourth-order valence-corrected chi connectivity index (χ4v) is 4.24. The number of hydrogen-bond donors (Lipinski definition) is 0. The molecule has 3 heterocycles. The molecule has 2 aromatic heterocycles. The second-order valence-corrected chi connectivity index (χ2v) is 7.84. The van der Waals surface area contributed by atoms with Gasteiger partial charge >= 0.3 is 0 Å². The Bertz CT molecular complexity index is 739. The maximum atomic E-state index is 12.7. The summed E-state index contributed by atoms with van der Waals surface area (Å²) < 4.78 is 0. The highest BCUT2D eigenvalue weighted by atomic mass is 32.1. The summed E-state index contributed by atoms with van der Waals surface area (Å²) in [5, 5.41) is 0. The molecule has 1 atom stereocenters. The minimum Gasteiger partial charge on any atom is -0.337 e. The summed E-state index contributed by atoms with van der Waals surface area (Å²) in [6.07, 6.45) is 1.04. The first-order valence-electron chi connectivity index (χ1n) is 8.61. The molecule has 0 saturated carbocycles. The van der Waals surface area contributed by atoms with E-state index in [0.29, 0.717) is 17.4 Å². The van der Waals surface area contributed by atoms with Gasteiger partial charge in [-0.1, -0.05) is 0 Å². The van der Waals surface area contributed by atoms with E-state index in [2.05, 4.69) is 33.8 Å². The first kappa shape index (κ1) is 17.9. The van der Waals surface area contributed by atoms with E-state index in [9.17, 15) is 4.79 Å². The maximum Gasteiger partial charge on any atom is 0.272 e. The molecule has 1 aliphatic rings. The van der Waals surface area contributed by atoms with Crippen molar-refractivity contribution < 1.29 is 4.79 Å². The van der Waals surface area contributed by atoms with Gasteiger partial charge in [0, 0.05) is 36.8 Å². The molecule has 0 aromatic carbocycles. The predicted octanol–water partition coefficient (Wildman–Crippen LogP) is 2.45. The van der Waals surface area contributed by atoms with Crippen molar-refractivity contribution in [1.29, 1.82) is 0 Å². The van der Waals surface area contributed by atoms with Crippen LogP contribution in [0.5, 0.6) is 0 Å². The summed E-state index contributed by atoms with van der Waals surface area (Å²) in [5.41, 5.74) is 4.38. The van der Waals surface area contributed by atoms with Crippen LogP contribution < -0.4 is 0 Å². The van der Waals surface area contributed by atoms with Gasteiger partial charge in [0.05, 0.1) is 11.2 Å². The second kappa shape index (κ2) is 7.58. The van der Waals surface area contributed by atoms with Crippen LogP contribution in [0.2, 0.25) is 0 Å². The first-order chi connectivity index (χ1) is 11.9. The molecule has 25 heavy (non-hydrogen) atoms. The number of thiazole rings is 1. The molecule has 1 amide bonds. The molecule has 0 spiro atoms. The zero-order valence-corrected chi connectivity index (χ0v) is 16.1. The summed E-state index contributed by atoms with van der Waals surface area (Å²) in [4.78, 5) is 31.1.